The molecule has 0 saturated carbocycles. The first-order valence-corrected chi connectivity index (χ1v) is 6.70. The molecule has 1 aromatic carbocycles. The van der Waals surface area contributed by atoms with Crippen LogP contribution >= 0.6 is 0 Å². The number of nitriles is 1. The molecule has 0 aromatic heterocycles. The van der Waals surface area contributed by atoms with Crippen LogP contribution in [0.15, 0.2) is 24.3 Å². The summed E-state index contributed by atoms with van der Waals surface area (Å²) in [5.41, 5.74) is 1.41. The third-order valence-electron chi connectivity index (χ3n) is 3.82. The lowest BCUT2D eigenvalue weighted by Crippen LogP contribution is -2.45. The molecule has 4 heteroatoms. The lowest BCUT2D eigenvalue weighted by atomic mass is 9.99. The highest BCUT2D eigenvalue weighted by atomic mass is 16.3. The fourth-order valence-electron chi connectivity index (χ4n) is 2.52. The molecule has 4 nitrogen and oxygen atoms in total. The smallest absolute Gasteiger partial charge is 0.0991 e. The van der Waals surface area contributed by atoms with Crippen LogP contribution in [0.2, 0.25) is 0 Å². The molecule has 1 unspecified atom stereocenters. The molecule has 1 aliphatic rings. The zero-order valence-corrected chi connectivity index (χ0v) is 11.2. The van der Waals surface area contributed by atoms with E-state index in [4.69, 9.17) is 5.26 Å². The van der Waals surface area contributed by atoms with Crippen LogP contribution < -0.4 is 0 Å². The Morgan fingerprint density at radius 2 is 2.05 bits per heavy atom. The molecule has 1 aliphatic heterocycles. The summed E-state index contributed by atoms with van der Waals surface area (Å²) in [7, 11) is 0. The van der Waals surface area contributed by atoms with Crippen LogP contribution in [0.25, 0.3) is 0 Å². The van der Waals surface area contributed by atoms with Gasteiger partial charge in [-0.2, -0.15) is 5.26 Å². The Hall–Kier alpha value is -1.41. The molecule has 102 valence electrons. The van der Waals surface area contributed by atoms with Crippen molar-refractivity contribution in [2.24, 2.45) is 0 Å². The number of hydrogen-bond donors (Lipinski definition) is 2. The minimum Gasteiger partial charge on any atom is -0.392 e. The van der Waals surface area contributed by atoms with Crippen molar-refractivity contribution in [2.45, 2.75) is 38.0 Å². The summed E-state index contributed by atoms with van der Waals surface area (Å²) in [6.45, 7) is 3.26. The number of aliphatic hydroxyl groups excluding tert-OH is 2. The molecule has 1 fully saturated rings. The molecular formula is C15H20N2O2. The number of piperidine rings is 1. The highest BCUT2D eigenvalue weighted by Crippen LogP contribution is 2.21. The second-order valence-electron chi connectivity index (χ2n) is 5.28. The molecule has 0 bridgehead atoms. The molecule has 19 heavy (non-hydrogen) atoms. The number of β-amino-alcohol motifs (C(OH)–C–C–N with tert-alkyl or cyclic N) is 2. The van der Waals surface area contributed by atoms with Crippen molar-refractivity contribution in [1.82, 2.24) is 4.90 Å². The van der Waals surface area contributed by atoms with E-state index in [1.54, 1.807) is 24.3 Å². The van der Waals surface area contributed by atoms with Gasteiger partial charge in [-0.1, -0.05) is 12.1 Å². The van der Waals surface area contributed by atoms with Crippen LogP contribution in [0.1, 0.15) is 37.0 Å². The number of nitrogens with zero attached hydrogens (tertiary/aromatic N) is 2. The van der Waals surface area contributed by atoms with E-state index in [1.165, 1.54) is 0 Å². The summed E-state index contributed by atoms with van der Waals surface area (Å²) in [4.78, 5) is 2.12. The van der Waals surface area contributed by atoms with Gasteiger partial charge >= 0.3 is 0 Å². The van der Waals surface area contributed by atoms with Gasteiger partial charge in [-0.25, -0.2) is 0 Å². The molecule has 3 atom stereocenters. The first-order valence-electron chi connectivity index (χ1n) is 6.70. The second-order valence-corrected chi connectivity index (χ2v) is 5.28. The summed E-state index contributed by atoms with van der Waals surface area (Å²) in [6.07, 6.45) is 0.927. The minimum absolute atomic E-state index is 0.288. The Morgan fingerprint density at radius 3 is 2.68 bits per heavy atom. The maximum absolute atomic E-state index is 10.2. The second kappa shape index (κ2) is 6.16. The Labute approximate surface area is 113 Å². The molecule has 0 amide bonds. The van der Waals surface area contributed by atoms with Gasteiger partial charge in [0.2, 0.25) is 0 Å². The van der Waals surface area contributed by atoms with E-state index in [2.05, 4.69) is 17.9 Å². The van der Waals surface area contributed by atoms with E-state index < -0.39 is 6.10 Å². The third kappa shape index (κ3) is 3.54. The quantitative estimate of drug-likeness (QED) is 0.863. The average Bonchev–Trinajstić information content (AvgIpc) is 2.43. The molecule has 2 rings (SSSR count). The van der Waals surface area contributed by atoms with Gasteiger partial charge in [-0.3, -0.25) is 4.90 Å². The number of hydrogen-bond acceptors (Lipinski definition) is 4. The zero-order chi connectivity index (χ0) is 13.8. The molecule has 1 saturated heterocycles. The van der Waals surface area contributed by atoms with Gasteiger partial charge in [0.05, 0.1) is 23.8 Å². The van der Waals surface area contributed by atoms with E-state index in [0.717, 1.165) is 18.4 Å². The average molecular weight is 260 g/mol. The van der Waals surface area contributed by atoms with Gasteiger partial charge in [0.25, 0.3) is 0 Å². The third-order valence-corrected chi connectivity index (χ3v) is 3.82. The van der Waals surface area contributed by atoms with Crippen molar-refractivity contribution >= 4 is 0 Å². The predicted octanol–water partition coefficient (Wildman–Crippen LogP) is 1.44. The first-order chi connectivity index (χ1) is 9.10. The van der Waals surface area contributed by atoms with E-state index in [0.29, 0.717) is 24.7 Å². The Kier molecular flexibility index (Phi) is 4.54. The maximum atomic E-state index is 10.2. The van der Waals surface area contributed by atoms with Crippen molar-refractivity contribution in [2.75, 3.05) is 13.1 Å². The number of benzene rings is 1. The summed E-state index contributed by atoms with van der Waals surface area (Å²) in [5, 5.41) is 28.7. The van der Waals surface area contributed by atoms with E-state index in [-0.39, 0.29) is 6.10 Å². The zero-order valence-electron chi connectivity index (χ0n) is 11.2. The van der Waals surface area contributed by atoms with Crippen LogP contribution in [-0.4, -0.2) is 40.3 Å². The number of rotatable bonds is 3. The minimum atomic E-state index is -0.583. The normalized spacial score (nSPS) is 25.8. The fourth-order valence-corrected chi connectivity index (χ4v) is 2.52. The van der Waals surface area contributed by atoms with Crippen molar-refractivity contribution < 1.29 is 10.2 Å². The molecule has 1 heterocycles. The van der Waals surface area contributed by atoms with Crippen molar-refractivity contribution in [3.63, 3.8) is 0 Å². The van der Waals surface area contributed by atoms with Crippen molar-refractivity contribution in [1.29, 1.82) is 5.26 Å². The van der Waals surface area contributed by atoms with E-state index in [9.17, 15) is 10.2 Å². The van der Waals surface area contributed by atoms with Crippen LogP contribution in [-0.2, 0) is 0 Å². The Bertz CT molecular complexity index is 452. The summed E-state index contributed by atoms with van der Waals surface area (Å²) >= 11 is 0. The molecule has 2 N–H and O–H groups in total. The predicted molar refractivity (Wildman–Crippen MR) is 72.4 cm³/mol. The molecule has 0 spiro atoms. The van der Waals surface area contributed by atoms with Crippen LogP contribution in [0.3, 0.4) is 0 Å². The van der Waals surface area contributed by atoms with Gasteiger partial charge in [0.1, 0.15) is 0 Å². The maximum Gasteiger partial charge on any atom is 0.0991 e. The number of likely N-dealkylation sites (tertiary alicyclic amines) is 1. The molecular weight excluding hydrogens is 240 g/mol. The number of aliphatic hydroxyl groups is 2. The highest BCUT2D eigenvalue weighted by Gasteiger charge is 2.25. The lowest BCUT2D eigenvalue weighted by molar-refractivity contribution is 0.0121. The van der Waals surface area contributed by atoms with Crippen molar-refractivity contribution in [3.05, 3.63) is 35.4 Å². The monoisotopic (exact) mass is 260 g/mol. The fraction of sp³-hybridized carbons (Fsp3) is 0.533. The highest BCUT2D eigenvalue weighted by molar-refractivity contribution is 5.32. The summed E-state index contributed by atoms with van der Waals surface area (Å²) in [6, 6.07) is 9.45. The van der Waals surface area contributed by atoms with Crippen LogP contribution in [0.4, 0.5) is 0 Å². The Balaban J connectivity index is 1.99. The van der Waals surface area contributed by atoms with E-state index in [1.807, 2.05) is 0 Å². The summed E-state index contributed by atoms with van der Waals surface area (Å²) in [5.74, 6) is 0. The van der Waals surface area contributed by atoms with Crippen LogP contribution in [0.5, 0.6) is 0 Å². The topological polar surface area (TPSA) is 67.5 Å². The van der Waals surface area contributed by atoms with Gasteiger partial charge < -0.3 is 10.2 Å². The van der Waals surface area contributed by atoms with Gasteiger partial charge in [0.15, 0.2) is 0 Å². The van der Waals surface area contributed by atoms with E-state index >= 15 is 0 Å². The standard InChI is InChI=1S/C15H20N2O2/c1-11-2-7-14(18)9-17(11)10-15(19)13-5-3-12(8-16)4-6-13/h3-6,11,14-15,18-19H,2,7,9-10H2,1H3/t11-,14+,15?/m1/s1. The largest absolute Gasteiger partial charge is 0.392 e. The molecule has 0 aliphatic carbocycles. The summed E-state index contributed by atoms with van der Waals surface area (Å²) < 4.78 is 0. The van der Waals surface area contributed by atoms with Gasteiger partial charge in [-0.15, -0.1) is 0 Å². The SMILES string of the molecule is C[C@@H]1CC[C@H](O)CN1CC(O)c1ccc(C#N)cc1. The van der Waals surface area contributed by atoms with Gasteiger partial charge in [-0.05, 0) is 37.5 Å². The Morgan fingerprint density at radius 1 is 1.37 bits per heavy atom. The van der Waals surface area contributed by atoms with Crippen molar-refractivity contribution in [3.8, 4) is 6.07 Å². The molecule has 0 radical (unpaired) electrons. The first kappa shape index (κ1) is 14.0. The van der Waals surface area contributed by atoms with Gasteiger partial charge in [0, 0.05) is 19.1 Å². The van der Waals surface area contributed by atoms with Crippen LogP contribution in [0, 0.1) is 11.3 Å². The molecule has 1 aromatic rings. The lowest BCUT2D eigenvalue weighted by Gasteiger charge is -2.37.